The highest BCUT2D eigenvalue weighted by molar-refractivity contribution is 5.96. The van der Waals surface area contributed by atoms with Crippen LogP contribution in [-0.2, 0) is 6.42 Å². The Labute approximate surface area is 83.8 Å². The first-order valence-corrected chi connectivity index (χ1v) is 5.20. The topological polar surface area (TPSA) is 12.0 Å². The van der Waals surface area contributed by atoms with Crippen LogP contribution in [0, 0.1) is 0 Å². The molecular formula is C13H13N. The summed E-state index contributed by atoms with van der Waals surface area (Å²) in [6.07, 6.45) is 2.43. The van der Waals surface area contributed by atoms with E-state index >= 15 is 0 Å². The van der Waals surface area contributed by atoms with Crippen LogP contribution < -0.4 is 5.32 Å². The van der Waals surface area contributed by atoms with E-state index in [1.807, 2.05) is 0 Å². The Balaban J connectivity index is 2.41. The predicted molar refractivity (Wildman–Crippen MR) is 60.8 cm³/mol. The molecule has 2 aromatic carbocycles. The van der Waals surface area contributed by atoms with Crippen LogP contribution >= 0.6 is 0 Å². The van der Waals surface area contributed by atoms with Crippen LogP contribution in [0.2, 0.25) is 0 Å². The maximum atomic E-state index is 3.49. The maximum Gasteiger partial charge on any atom is 0.0422 e. The fraction of sp³-hybridized carbons (Fsp3) is 0.231. The summed E-state index contributed by atoms with van der Waals surface area (Å²) in [4.78, 5) is 0. The molecule has 0 unspecified atom stereocenters. The summed E-state index contributed by atoms with van der Waals surface area (Å²) < 4.78 is 0. The lowest BCUT2D eigenvalue weighted by molar-refractivity contribution is 0.880. The minimum atomic E-state index is 1.09. The first-order valence-electron chi connectivity index (χ1n) is 5.20. The van der Waals surface area contributed by atoms with Crippen LogP contribution in [0.15, 0.2) is 36.4 Å². The van der Waals surface area contributed by atoms with Crippen molar-refractivity contribution in [3.8, 4) is 0 Å². The van der Waals surface area contributed by atoms with E-state index in [0.717, 1.165) is 6.54 Å². The number of hydrogen-bond acceptors (Lipinski definition) is 1. The van der Waals surface area contributed by atoms with Crippen LogP contribution in [-0.4, -0.2) is 6.54 Å². The van der Waals surface area contributed by atoms with Crippen molar-refractivity contribution < 1.29 is 0 Å². The minimum absolute atomic E-state index is 1.09. The number of aryl methyl sites for hydroxylation is 1. The number of rotatable bonds is 0. The number of benzene rings is 2. The van der Waals surface area contributed by atoms with Crippen LogP contribution in [0.25, 0.3) is 10.8 Å². The predicted octanol–water partition coefficient (Wildman–Crippen LogP) is 3.20. The standard InChI is InChI=1S/C13H13N/c1-4-10-6-2-8-12-13(10)11(5-1)7-3-9-14-12/h1-2,4-6,8,14H,3,7,9H2. The largest absolute Gasteiger partial charge is 0.385 e. The molecule has 14 heavy (non-hydrogen) atoms. The van der Waals surface area contributed by atoms with Crippen molar-refractivity contribution in [1.82, 2.24) is 0 Å². The zero-order valence-electron chi connectivity index (χ0n) is 8.09. The van der Waals surface area contributed by atoms with Gasteiger partial charge in [-0.25, -0.2) is 0 Å². The molecule has 0 saturated heterocycles. The highest BCUT2D eigenvalue weighted by atomic mass is 14.9. The van der Waals surface area contributed by atoms with Gasteiger partial charge in [0, 0.05) is 17.6 Å². The van der Waals surface area contributed by atoms with E-state index < -0.39 is 0 Å². The second-order valence-corrected chi connectivity index (χ2v) is 3.85. The molecule has 0 aliphatic carbocycles. The summed E-state index contributed by atoms with van der Waals surface area (Å²) in [5.74, 6) is 0. The molecule has 3 rings (SSSR count). The van der Waals surface area contributed by atoms with E-state index in [2.05, 4.69) is 41.7 Å². The lowest BCUT2D eigenvalue weighted by Gasteiger charge is -2.07. The van der Waals surface area contributed by atoms with E-state index in [1.165, 1.54) is 34.9 Å². The second-order valence-electron chi connectivity index (χ2n) is 3.85. The Morgan fingerprint density at radius 1 is 1.00 bits per heavy atom. The van der Waals surface area contributed by atoms with Gasteiger partial charge in [0.1, 0.15) is 0 Å². The van der Waals surface area contributed by atoms with Crippen molar-refractivity contribution in [2.24, 2.45) is 0 Å². The molecule has 1 heterocycles. The van der Waals surface area contributed by atoms with E-state index in [4.69, 9.17) is 0 Å². The maximum absolute atomic E-state index is 3.49. The summed E-state index contributed by atoms with van der Waals surface area (Å²) in [7, 11) is 0. The summed E-state index contributed by atoms with van der Waals surface area (Å²) in [5.41, 5.74) is 2.79. The van der Waals surface area contributed by atoms with Crippen molar-refractivity contribution in [1.29, 1.82) is 0 Å². The third-order valence-electron chi connectivity index (χ3n) is 2.93. The summed E-state index contributed by atoms with van der Waals surface area (Å²) >= 11 is 0. The van der Waals surface area contributed by atoms with Gasteiger partial charge in [0.25, 0.3) is 0 Å². The van der Waals surface area contributed by atoms with Gasteiger partial charge in [-0.3, -0.25) is 0 Å². The Kier molecular flexibility index (Phi) is 1.69. The van der Waals surface area contributed by atoms with Gasteiger partial charge in [-0.05, 0) is 29.9 Å². The van der Waals surface area contributed by atoms with E-state index in [-0.39, 0.29) is 0 Å². The molecule has 0 spiro atoms. The molecule has 0 aromatic heterocycles. The molecule has 0 bridgehead atoms. The van der Waals surface area contributed by atoms with Gasteiger partial charge in [0.05, 0.1) is 0 Å². The van der Waals surface area contributed by atoms with Crippen molar-refractivity contribution in [2.45, 2.75) is 12.8 Å². The van der Waals surface area contributed by atoms with Gasteiger partial charge in [0.15, 0.2) is 0 Å². The molecule has 0 radical (unpaired) electrons. The van der Waals surface area contributed by atoms with E-state index in [1.54, 1.807) is 0 Å². The van der Waals surface area contributed by atoms with Gasteiger partial charge >= 0.3 is 0 Å². The van der Waals surface area contributed by atoms with Gasteiger partial charge < -0.3 is 5.32 Å². The zero-order valence-corrected chi connectivity index (χ0v) is 8.09. The first kappa shape index (κ1) is 7.86. The molecule has 1 aliphatic rings. The first-order chi connectivity index (χ1) is 6.95. The molecule has 0 amide bonds. The fourth-order valence-corrected chi connectivity index (χ4v) is 2.28. The average molecular weight is 183 g/mol. The normalized spacial score (nSPS) is 14.9. The third kappa shape index (κ3) is 1.09. The number of nitrogens with one attached hydrogen (secondary N) is 1. The van der Waals surface area contributed by atoms with E-state index in [9.17, 15) is 0 Å². The zero-order chi connectivity index (χ0) is 9.38. The van der Waals surface area contributed by atoms with E-state index in [0.29, 0.717) is 0 Å². The molecule has 0 saturated carbocycles. The molecule has 1 aliphatic heterocycles. The molecule has 0 fully saturated rings. The highest BCUT2D eigenvalue weighted by Crippen LogP contribution is 2.29. The molecule has 0 atom stereocenters. The third-order valence-corrected chi connectivity index (χ3v) is 2.93. The Morgan fingerprint density at radius 3 is 2.79 bits per heavy atom. The van der Waals surface area contributed by atoms with Crippen LogP contribution in [0.4, 0.5) is 5.69 Å². The Morgan fingerprint density at radius 2 is 1.86 bits per heavy atom. The highest BCUT2D eigenvalue weighted by Gasteiger charge is 2.08. The molecule has 70 valence electrons. The van der Waals surface area contributed by atoms with Crippen molar-refractivity contribution >= 4 is 16.5 Å². The monoisotopic (exact) mass is 183 g/mol. The molecule has 2 aromatic rings. The Hall–Kier alpha value is -1.50. The molecule has 1 heteroatoms. The number of anilines is 1. The summed E-state index contributed by atoms with van der Waals surface area (Å²) in [5, 5.41) is 6.27. The van der Waals surface area contributed by atoms with Gasteiger partial charge in [-0.15, -0.1) is 0 Å². The summed E-state index contributed by atoms with van der Waals surface area (Å²) in [6, 6.07) is 13.1. The van der Waals surface area contributed by atoms with Crippen molar-refractivity contribution in [3.63, 3.8) is 0 Å². The van der Waals surface area contributed by atoms with Gasteiger partial charge in [-0.2, -0.15) is 0 Å². The SMILES string of the molecule is c1cc2c3c(cccc3c1)NCCC2. The quantitative estimate of drug-likeness (QED) is 0.661. The molecular weight excluding hydrogens is 170 g/mol. The fourth-order valence-electron chi connectivity index (χ4n) is 2.28. The molecule has 1 N–H and O–H groups in total. The lowest BCUT2D eigenvalue weighted by Crippen LogP contribution is -1.98. The van der Waals surface area contributed by atoms with Crippen LogP contribution in [0.1, 0.15) is 12.0 Å². The van der Waals surface area contributed by atoms with Crippen molar-refractivity contribution in [2.75, 3.05) is 11.9 Å². The van der Waals surface area contributed by atoms with Crippen LogP contribution in [0.5, 0.6) is 0 Å². The Bertz CT molecular complexity index is 433. The molecule has 1 nitrogen and oxygen atoms in total. The smallest absolute Gasteiger partial charge is 0.0422 e. The van der Waals surface area contributed by atoms with Crippen LogP contribution in [0.3, 0.4) is 0 Å². The van der Waals surface area contributed by atoms with Gasteiger partial charge in [-0.1, -0.05) is 30.3 Å². The lowest BCUT2D eigenvalue weighted by atomic mass is 10.0. The average Bonchev–Trinajstić information content (AvgIpc) is 2.44. The summed E-state index contributed by atoms with van der Waals surface area (Å²) in [6.45, 7) is 1.09. The van der Waals surface area contributed by atoms with Gasteiger partial charge in [0.2, 0.25) is 0 Å². The van der Waals surface area contributed by atoms with Crippen molar-refractivity contribution in [3.05, 3.63) is 42.0 Å². The number of hydrogen-bond donors (Lipinski definition) is 1. The second kappa shape index (κ2) is 3.02. The minimum Gasteiger partial charge on any atom is -0.385 e.